The van der Waals surface area contributed by atoms with Crippen molar-refractivity contribution in [3.63, 3.8) is 0 Å². The van der Waals surface area contributed by atoms with Crippen LogP contribution in [0.2, 0.25) is 0 Å². The van der Waals surface area contributed by atoms with Crippen LogP contribution in [-0.2, 0) is 30.9 Å². The smallest absolute Gasteiger partial charge is 0.337 e. The number of benzene rings is 2. The van der Waals surface area contributed by atoms with Gasteiger partial charge in [0.1, 0.15) is 18.0 Å². The second-order valence-corrected chi connectivity index (χ2v) is 7.09. The van der Waals surface area contributed by atoms with E-state index < -0.39 is 50.9 Å². The topological polar surface area (TPSA) is 98.8 Å². The summed E-state index contributed by atoms with van der Waals surface area (Å²) < 4.78 is 74.7. The molecule has 150 valence electrons. The molecule has 0 unspecified atom stereocenters. The van der Waals surface area contributed by atoms with Crippen LogP contribution in [0.5, 0.6) is 0 Å². The first kappa shape index (κ1) is 21.4. The van der Waals surface area contributed by atoms with Crippen LogP contribution in [0.25, 0.3) is 0 Å². The Labute approximate surface area is 158 Å². The molecule has 0 bridgehead atoms. The maximum absolute atomic E-state index is 13.6. The Morgan fingerprint density at radius 2 is 1.79 bits per heavy atom. The second-order valence-electron chi connectivity index (χ2n) is 5.35. The van der Waals surface area contributed by atoms with Gasteiger partial charge >= 0.3 is 11.9 Å². The van der Waals surface area contributed by atoms with Crippen molar-refractivity contribution in [1.29, 1.82) is 0 Å². The van der Waals surface area contributed by atoms with Crippen molar-refractivity contribution >= 4 is 22.0 Å². The number of methoxy groups -OCH3 is 1. The zero-order valence-corrected chi connectivity index (χ0v) is 15.2. The predicted molar refractivity (Wildman–Crippen MR) is 89.1 cm³/mol. The van der Waals surface area contributed by atoms with Crippen LogP contribution in [-0.4, -0.2) is 34.0 Å². The quantitative estimate of drug-likeness (QED) is 0.546. The van der Waals surface area contributed by atoms with E-state index in [-0.39, 0.29) is 12.2 Å². The summed E-state index contributed by atoms with van der Waals surface area (Å²) in [5.74, 6) is -7.01. The van der Waals surface area contributed by atoms with Crippen LogP contribution in [0.3, 0.4) is 0 Å². The van der Waals surface area contributed by atoms with Gasteiger partial charge in [-0.25, -0.2) is 26.4 Å². The first-order valence-corrected chi connectivity index (χ1v) is 9.10. The molecule has 0 aliphatic rings. The molecular weight excluding hydrogens is 403 g/mol. The van der Waals surface area contributed by atoms with Crippen LogP contribution < -0.4 is 4.72 Å². The zero-order chi connectivity index (χ0) is 20.9. The second kappa shape index (κ2) is 8.85. The van der Waals surface area contributed by atoms with Crippen LogP contribution in [0.4, 0.5) is 13.2 Å². The van der Waals surface area contributed by atoms with Crippen molar-refractivity contribution in [3.05, 3.63) is 65.0 Å². The highest BCUT2D eigenvalue weighted by Crippen LogP contribution is 2.19. The summed E-state index contributed by atoms with van der Waals surface area (Å²) in [7, 11) is -3.42. The number of ether oxygens (including phenoxy) is 2. The molecule has 0 spiro atoms. The standard InChI is InChI=1S/C17H14F3NO6S/c1-26-17(23)11-4-2-3-10(7-11)9-27-14(22)8-21-28(24,25)13-6-5-12(18)15(19)16(13)20/h2-7,21H,8-9H2,1H3. The third-order valence-electron chi connectivity index (χ3n) is 3.44. The molecule has 0 saturated heterocycles. The monoisotopic (exact) mass is 417 g/mol. The molecule has 0 atom stereocenters. The third kappa shape index (κ3) is 5.08. The molecule has 28 heavy (non-hydrogen) atoms. The fourth-order valence-corrected chi connectivity index (χ4v) is 3.10. The highest BCUT2D eigenvalue weighted by Gasteiger charge is 2.24. The highest BCUT2D eigenvalue weighted by molar-refractivity contribution is 7.89. The van der Waals surface area contributed by atoms with Gasteiger partial charge in [-0.15, -0.1) is 0 Å². The average molecular weight is 417 g/mol. The van der Waals surface area contributed by atoms with E-state index in [2.05, 4.69) is 4.74 Å². The van der Waals surface area contributed by atoms with Gasteiger partial charge in [-0.3, -0.25) is 4.79 Å². The number of carbonyl (C=O) groups is 2. The Hall–Kier alpha value is -2.92. The largest absolute Gasteiger partial charge is 0.465 e. The maximum Gasteiger partial charge on any atom is 0.337 e. The van der Waals surface area contributed by atoms with E-state index in [1.165, 1.54) is 25.3 Å². The minimum Gasteiger partial charge on any atom is -0.465 e. The van der Waals surface area contributed by atoms with Gasteiger partial charge in [0.05, 0.1) is 12.7 Å². The van der Waals surface area contributed by atoms with E-state index in [1.807, 2.05) is 0 Å². The van der Waals surface area contributed by atoms with Crippen molar-refractivity contribution in [2.24, 2.45) is 0 Å². The van der Waals surface area contributed by atoms with E-state index in [0.29, 0.717) is 17.7 Å². The molecule has 2 rings (SSSR count). The number of hydrogen-bond donors (Lipinski definition) is 1. The number of carbonyl (C=O) groups excluding carboxylic acids is 2. The van der Waals surface area contributed by atoms with Crippen LogP contribution in [0.15, 0.2) is 41.3 Å². The molecular formula is C17H14F3NO6S. The lowest BCUT2D eigenvalue weighted by atomic mass is 10.1. The summed E-state index contributed by atoms with van der Waals surface area (Å²) in [5.41, 5.74) is 0.663. The number of nitrogens with one attached hydrogen (secondary N) is 1. The number of hydrogen-bond acceptors (Lipinski definition) is 6. The average Bonchev–Trinajstić information content (AvgIpc) is 2.68. The first-order chi connectivity index (χ1) is 13.2. The van der Waals surface area contributed by atoms with E-state index in [9.17, 15) is 31.2 Å². The lowest BCUT2D eigenvalue weighted by Crippen LogP contribution is -2.31. The fourth-order valence-electron chi connectivity index (χ4n) is 2.07. The Kier molecular flexibility index (Phi) is 6.75. The predicted octanol–water partition coefficient (Wildman–Crippen LogP) is 1.91. The summed E-state index contributed by atoms with van der Waals surface area (Å²) in [5, 5.41) is 0. The van der Waals surface area contributed by atoms with Crippen LogP contribution in [0, 0.1) is 17.5 Å². The van der Waals surface area contributed by atoms with Gasteiger partial charge in [0.15, 0.2) is 17.5 Å². The zero-order valence-electron chi connectivity index (χ0n) is 14.4. The lowest BCUT2D eigenvalue weighted by Gasteiger charge is -2.09. The molecule has 0 saturated carbocycles. The summed E-state index contributed by atoms with van der Waals surface area (Å²) in [6.07, 6.45) is 0. The number of sulfonamides is 1. The van der Waals surface area contributed by atoms with Crippen molar-refractivity contribution < 1.29 is 40.7 Å². The van der Waals surface area contributed by atoms with Crippen LogP contribution in [0.1, 0.15) is 15.9 Å². The van der Waals surface area contributed by atoms with Gasteiger partial charge in [-0.2, -0.15) is 4.72 Å². The van der Waals surface area contributed by atoms with Crippen molar-refractivity contribution in [3.8, 4) is 0 Å². The summed E-state index contributed by atoms with van der Waals surface area (Å²) in [6.45, 7) is -1.15. The van der Waals surface area contributed by atoms with E-state index in [4.69, 9.17) is 4.74 Å². The SMILES string of the molecule is COC(=O)c1cccc(COC(=O)CNS(=O)(=O)c2ccc(F)c(F)c2F)c1. The minimum atomic E-state index is -4.62. The molecule has 0 amide bonds. The van der Waals surface area contributed by atoms with Crippen molar-refractivity contribution in [2.75, 3.05) is 13.7 Å². The van der Waals surface area contributed by atoms with Crippen molar-refractivity contribution in [2.45, 2.75) is 11.5 Å². The van der Waals surface area contributed by atoms with Gasteiger partial charge in [0.25, 0.3) is 0 Å². The van der Waals surface area contributed by atoms with Crippen molar-refractivity contribution in [1.82, 2.24) is 4.72 Å². The van der Waals surface area contributed by atoms with E-state index >= 15 is 0 Å². The molecule has 7 nitrogen and oxygen atoms in total. The molecule has 0 radical (unpaired) electrons. The Morgan fingerprint density at radius 3 is 2.46 bits per heavy atom. The van der Waals surface area contributed by atoms with E-state index in [1.54, 1.807) is 10.8 Å². The molecule has 2 aromatic rings. The fraction of sp³-hybridized carbons (Fsp3) is 0.176. The van der Waals surface area contributed by atoms with Gasteiger partial charge < -0.3 is 9.47 Å². The Bertz CT molecular complexity index is 1010. The Morgan fingerprint density at radius 1 is 1.07 bits per heavy atom. The first-order valence-electron chi connectivity index (χ1n) is 7.61. The molecule has 0 aliphatic heterocycles. The molecule has 0 fully saturated rings. The highest BCUT2D eigenvalue weighted by atomic mass is 32.2. The Balaban J connectivity index is 1.97. The summed E-state index contributed by atoms with van der Waals surface area (Å²) in [6, 6.07) is 6.96. The maximum atomic E-state index is 13.6. The number of halogens is 3. The van der Waals surface area contributed by atoms with Gasteiger partial charge in [0.2, 0.25) is 10.0 Å². The number of rotatable bonds is 7. The van der Waals surface area contributed by atoms with Crippen LogP contribution >= 0.6 is 0 Å². The van der Waals surface area contributed by atoms with Gasteiger partial charge in [-0.05, 0) is 29.8 Å². The van der Waals surface area contributed by atoms with Gasteiger partial charge in [-0.1, -0.05) is 12.1 Å². The van der Waals surface area contributed by atoms with E-state index in [0.717, 1.165) is 0 Å². The molecule has 0 aromatic heterocycles. The molecule has 1 N–H and O–H groups in total. The molecule has 2 aromatic carbocycles. The third-order valence-corrected chi connectivity index (χ3v) is 4.86. The molecule has 0 aliphatic carbocycles. The summed E-state index contributed by atoms with van der Waals surface area (Å²) in [4.78, 5) is 22.0. The molecule has 11 heteroatoms. The normalized spacial score (nSPS) is 11.1. The molecule has 0 heterocycles. The van der Waals surface area contributed by atoms with Gasteiger partial charge in [0, 0.05) is 0 Å². The lowest BCUT2D eigenvalue weighted by molar-refractivity contribution is -0.143. The summed E-state index contributed by atoms with van der Waals surface area (Å²) >= 11 is 0. The minimum absolute atomic E-state index is 0.227. The number of esters is 2.